The third-order valence-electron chi connectivity index (χ3n) is 4.02. The summed E-state index contributed by atoms with van der Waals surface area (Å²) in [5, 5.41) is 5.92. The number of anilines is 2. The fraction of sp³-hybridized carbons (Fsp3) is 0.333. The normalized spacial score (nSPS) is 18.3. The van der Waals surface area contributed by atoms with Crippen LogP contribution in [0.5, 0.6) is 5.75 Å². The van der Waals surface area contributed by atoms with E-state index in [2.05, 4.69) is 15.6 Å². The van der Waals surface area contributed by atoms with Crippen LogP contribution in [-0.4, -0.2) is 43.5 Å². The number of nitrogens with zero attached hydrogens (tertiary/aromatic N) is 1. The predicted octanol–water partition coefficient (Wildman–Crippen LogP) is 2.33. The van der Waals surface area contributed by atoms with Crippen LogP contribution in [0.2, 0.25) is 0 Å². The molecule has 0 bridgehead atoms. The van der Waals surface area contributed by atoms with Crippen LogP contribution in [0.1, 0.15) is 23.8 Å². The number of hydrogen-bond donors (Lipinski definition) is 2. The maximum Gasteiger partial charge on any atom is 0.274 e. The minimum absolute atomic E-state index is 0.106. The number of amides is 1. The van der Waals surface area contributed by atoms with Crippen LogP contribution in [0.3, 0.4) is 0 Å². The minimum atomic E-state index is -2.93. The maximum atomic E-state index is 12.3. The Bertz CT molecular complexity index is 864. The molecule has 7 nitrogen and oxygen atoms in total. The monoisotopic (exact) mass is 375 g/mol. The third-order valence-corrected chi connectivity index (χ3v) is 5.79. The zero-order valence-corrected chi connectivity index (χ0v) is 15.3. The van der Waals surface area contributed by atoms with Gasteiger partial charge in [0.1, 0.15) is 11.4 Å². The fourth-order valence-electron chi connectivity index (χ4n) is 2.75. The third kappa shape index (κ3) is 4.72. The van der Waals surface area contributed by atoms with Gasteiger partial charge in [0.2, 0.25) is 0 Å². The number of benzene rings is 1. The zero-order valence-electron chi connectivity index (χ0n) is 14.4. The van der Waals surface area contributed by atoms with E-state index in [0.717, 1.165) is 5.75 Å². The van der Waals surface area contributed by atoms with Crippen molar-refractivity contribution in [2.45, 2.75) is 19.4 Å². The van der Waals surface area contributed by atoms with Gasteiger partial charge in [0.05, 0.1) is 30.0 Å². The Morgan fingerprint density at radius 1 is 1.19 bits per heavy atom. The van der Waals surface area contributed by atoms with Crippen molar-refractivity contribution >= 4 is 27.1 Å². The van der Waals surface area contributed by atoms with E-state index in [1.165, 1.54) is 6.20 Å². The highest BCUT2D eigenvalue weighted by Crippen LogP contribution is 2.18. The summed E-state index contributed by atoms with van der Waals surface area (Å²) in [5.74, 6) is 0.769. The van der Waals surface area contributed by atoms with E-state index in [1.807, 2.05) is 6.92 Å². The predicted molar refractivity (Wildman–Crippen MR) is 100 cm³/mol. The van der Waals surface area contributed by atoms with Gasteiger partial charge in [-0.05, 0) is 49.7 Å². The summed E-state index contributed by atoms with van der Waals surface area (Å²) in [7, 11) is -2.93. The Labute approximate surface area is 152 Å². The summed E-state index contributed by atoms with van der Waals surface area (Å²) < 4.78 is 28.3. The number of pyridine rings is 1. The number of aromatic nitrogens is 1. The summed E-state index contributed by atoms with van der Waals surface area (Å²) in [4.78, 5) is 16.4. The van der Waals surface area contributed by atoms with Crippen LogP contribution in [0.25, 0.3) is 0 Å². The molecule has 2 heterocycles. The van der Waals surface area contributed by atoms with Crippen molar-refractivity contribution in [3.8, 4) is 5.75 Å². The number of hydrogen-bond acceptors (Lipinski definition) is 6. The topological polar surface area (TPSA) is 97.4 Å². The average molecular weight is 375 g/mol. The molecule has 0 spiro atoms. The van der Waals surface area contributed by atoms with Crippen molar-refractivity contribution in [2.75, 3.05) is 28.7 Å². The van der Waals surface area contributed by atoms with E-state index in [-0.39, 0.29) is 29.1 Å². The molecular weight excluding hydrogens is 354 g/mol. The first kappa shape index (κ1) is 18.2. The Morgan fingerprint density at radius 2 is 1.92 bits per heavy atom. The molecule has 26 heavy (non-hydrogen) atoms. The second-order valence-corrected chi connectivity index (χ2v) is 8.32. The van der Waals surface area contributed by atoms with E-state index in [1.54, 1.807) is 36.4 Å². The van der Waals surface area contributed by atoms with Gasteiger partial charge in [0.25, 0.3) is 5.91 Å². The van der Waals surface area contributed by atoms with Crippen LogP contribution in [-0.2, 0) is 9.84 Å². The van der Waals surface area contributed by atoms with E-state index in [9.17, 15) is 13.2 Å². The Hall–Kier alpha value is -2.61. The number of carbonyl (C=O) groups is 1. The lowest BCUT2D eigenvalue weighted by Crippen LogP contribution is -2.21. The number of sulfone groups is 1. The molecule has 1 aromatic carbocycles. The summed E-state index contributed by atoms with van der Waals surface area (Å²) in [6.07, 6.45) is 2.13. The van der Waals surface area contributed by atoms with Gasteiger partial charge in [0.15, 0.2) is 9.84 Å². The second kappa shape index (κ2) is 7.74. The number of carbonyl (C=O) groups excluding carboxylic acids is 1. The summed E-state index contributed by atoms with van der Waals surface area (Å²) >= 11 is 0. The summed E-state index contributed by atoms with van der Waals surface area (Å²) in [6, 6.07) is 10.3. The number of rotatable bonds is 6. The zero-order chi connectivity index (χ0) is 18.6. The average Bonchev–Trinajstić information content (AvgIpc) is 2.96. The second-order valence-electron chi connectivity index (χ2n) is 6.09. The molecule has 8 heteroatoms. The van der Waals surface area contributed by atoms with Crippen molar-refractivity contribution < 1.29 is 17.9 Å². The fourth-order valence-corrected chi connectivity index (χ4v) is 4.43. The van der Waals surface area contributed by atoms with Crippen molar-refractivity contribution in [3.05, 3.63) is 48.3 Å². The highest BCUT2D eigenvalue weighted by molar-refractivity contribution is 7.91. The molecule has 1 fully saturated rings. The van der Waals surface area contributed by atoms with E-state index < -0.39 is 9.84 Å². The molecule has 1 aromatic heterocycles. The number of ether oxygens (including phenoxy) is 1. The highest BCUT2D eigenvalue weighted by atomic mass is 32.2. The number of nitrogens with one attached hydrogen (secondary N) is 2. The molecule has 0 radical (unpaired) electrons. The van der Waals surface area contributed by atoms with E-state index in [4.69, 9.17) is 4.74 Å². The molecule has 1 aliphatic heterocycles. The van der Waals surface area contributed by atoms with Crippen molar-refractivity contribution in [1.82, 2.24) is 4.98 Å². The van der Waals surface area contributed by atoms with Crippen LogP contribution < -0.4 is 15.4 Å². The molecule has 1 aliphatic rings. The molecule has 2 aromatic rings. The molecule has 138 valence electrons. The van der Waals surface area contributed by atoms with Gasteiger partial charge in [-0.2, -0.15) is 0 Å². The molecule has 1 saturated heterocycles. The molecule has 3 rings (SSSR count). The maximum absolute atomic E-state index is 12.3. The van der Waals surface area contributed by atoms with Crippen molar-refractivity contribution in [3.63, 3.8) is 0 Å². The SMILES string of the molecule is CCOc1ccc(NC(=O)c2ccc(NC3CCS(=O)(=O)C3)cn2)cc1. The first-order valence-corrected chi connectivity index (χ1v) is 10.2. The molecular formula is C18H21N3O4S. The Morgan fingerprint density at radius 3 is 2.50 bits per heavy atom. The molecule has 0 saturated carbocycles. The quantitative estimate of drug-likeness (QED) is 0.804. The first-order valence-electron chi connectivity index (χ1n) is 8.42. The van der Waals surface area contributed by atoms with Crippen LogP contribution >= 0.6 is 0 Å². The lowest BCUT2D eigenvalue weighted by Gasteiger charge is -2.12. The van der Waals surface area contributed by atoms with Gasteiger partial charge in [0, 0.05) is 11.7 Å². The molecule has 0 aliphatic carbocycles. The van der Waals surface area contributed by atoms with Gasteiger partial charge in [-0.15, -0.1) is 0 Å². The van der Waals surface area contributed by atoms with Crippen LogP contribution in [0.15, 0.2) is 42.6 Å². The molecule has 1 atom stereocenters. The summed E-state index contributed by atoms with van der Waals surface area (Å²) in [6.45, 7) is 2.49. The first-order chi connectivity index (χ1) is 12.4. The Balaban J connectivity index is 1.58. The van der Waals surface area contributed by atoms with E-state index in [0.29, 0.717) is 24.4 Å². The van der Waals surface area contributed by atoms with Gasteiger partial charge in [-0.1, -0.05) is 0 Å². The summed E-state index contributed by atoms with van der Waals surface area (Å²) in [5.41, 5.74) is 1.63. The molecule has 2 N–H and O–H groups in total. The Kier molecular flexibility index (Phi) is 5.41. The standard InChI is InChI=1S/C18H21N3O4S/c1-2-25-16-6-3-13(4-7-16)21-18(22)17-8-5-14(11-19-17)20-15-9-10-26(23,24)12-15/h3-8,11,15,20H,2,9-10,12H2,1H3,(H,21,22). The van der Waals surface area contributed by atoms with Crippen LogP contribution in [0, 0.1) is 0 Å². The smallest absolute Gasteiger partial charge is 0.274 e. The van der Waals surface area contributed by atoms with E-state index >= 15 is 0 Å². The molecule has 1 amide bonds. The van der Waals surface area contributed by atoms with Crippen molar-refractivity contribution in [1.29, 1.82) is 0 Å². The van der Waals surface area contributed by atoms with Gasteiger partial charge >= 0.3 is 0 Å². The van der Waals surface area contributed by atoms with Gasteiger partial charge in [-0.3, -0.25) is 4.79 Å². The largest absolute Gasteiger partial charge is 0.494 e. The van der Waals surface area contributed by atoms with Gasteiger partial charge in [-0.25, -0.2) is 13.4 Å². The highest BCUT2D eigenvalue weighted by Gasteiger charge is 2.27. The molecule has 1 unspecified atom stereocenters. The lowest BCUT2D eigenvalue weighted by atomic mass is 10.2. The minimum Gasteiger partial charge on any atom is -0.494 e. The van der Waals surface area contributed by atoms with Crippen LogP contribution in [0.4, 0.5) is 11.4 Å². The van der Waals surface area contributed by atoms with Crippen molar-refractivity contribution in [2.24, 2.45) is 0 Å². The lowest BCUT2D eigenvalue weighted by molar-refractivity contribution is 0.102. The van der Waals surface area contributed by atoms with Gasteiger partial charge < -0.3 is 15.4 Å².